The molecule has 0 aromatic carbocycles. The Kier molecular flexibility index (Phi) is 4.02. The Bertz CT molecular complexity index is 125. The van der Waals surface area contributed by atoms with E-state index in [0.717, 1.165) is 6.42 Å². The fourth-order valence-corrected chi connectivity index (χ4v) is 2.12. The first kappa shape index (κ1) is 10.0. The van der Waals surface area contributed by atoms with Gasteiger partial charge in [-0.2, -0.15) is 0 Å². The number of methoxy groups -OCH3 is 1. The zero-order valence-electron chi connectivity index (χ0n) is 8.25. The van der Waals surface area contributed by atoms with Crippen LogP contribution >= 0.6 is 0 Å². The monoisotopic (exact) mass is 171 g/mol. The first-order valence-electron chi connectivity index (χ1n) is 5.06. The zero-order chi connectivity index (χ0) is 8.97. The Morgan fingerprint density at radius 2 is 2.25 bits per heavy atom. The van der Waals surface area contributed by atoms with Crippen molar-refractivity contribution < 1.29 is 4.74 Å². The van der Waals surface area contributed by atoms with Crippen molar-refractivity contribution in [3.05, 3.63) is 0 Å². The van der Waals surface area contributed by atoms with Gasteiger partial charge in [0.2, 0.25) is 0 Å². The molecule has 3 atom stereocenters. The third-order valence-electron chi connectivity index (χ3n) is 3.08. The topological polar surface area (TPSA) is 35.2 Å². The number of hydrogen-bond acceptors (Lipinski definition) is 2. The summed E-state index contributed by atoms with van der Waals surface area (Å²) >= 11 is 0. The van der Waals surface area contributed by atoms with Gasteiger partial charge in [0.15, 0.2) is 0 Å². The second-order valence-electron chi connectivity index (χ2n) is 3.86. The van der Waals surface area contributed by atoms with Gasteiger partial charge in [0.05, 0.1) is 6.10 Å². The summed E-state index contributed by atoms with van der Waals surface area (Å²) in [4.78, 5) is 0. The van der Waals surface area contributed by atoms with Gasteiger partial charge >= 0.3 is 0 Å². The van der Waals surface area contributed by atoms with E-state index in [0.29, 0.717) is 18.1 Å². The normalized spacial score (nSPS) is 33.2. The average molecular weight is 171 g/mol. The van der Waals surface area contributed by atoms with Crippen molar-refractivity contribution >= 4 is 0 Å². The van der Waals surface area contributed by atoms with Crippen LogP contribution in [-0.4, -0.2) is 19.3 Å². The summed E-state index contributed by atoms with van der Waals surface area (Å²) in [5.74, 6) is 0.702. The van der Waals surface area contributed by atoms with E-state index in [1.54, 1.807) is 0 Å². The summed E-state index contributed by atoms with van der Waals surface area (Å²) in [6.07, 6.45) is 6.56. The molecule has 0 heterocycles. The van der Waals surface area contributed by atoms with Crippen LogP contribution in [-0.2, 0) is 4.74 Å². The fraction of sp³-hybridized carbons (Fsp3) is 1.00. The van der Waals surface area contributed by atoms with Crippen LogP contribution in [0.5, 0.6) is 0 Å². The van der Waals surface area contributed by atoms with E-state index in [-0.39, 0.29) is 0 Å². The molecule has 0 aromatic heterocycles. The quantitative estimate of drug-likeness (QED) is 0.704. The predicted molar refractivity (Wildman–Crippen MR) is 51.0 cm³/mol. The van der Waals surface area contributed by atoms with Crippen LogP contribution in [0.25, 0.3) is 0 Å². The van der Waals surface area contributed by atoms with Gasteiger partial charge in [-0.05, 0) is 31.6 Å². The molecule has 0 spiro atoms. The van der Waals surface area contributed by atoms with Crippen LogP contribution in [0, 0.1) is 5.92 Å². The molecule has 72 valence electrons. The van der Waals surface area contributed by atoms with E-state index in [1.807, 2.05) is 7.11 Å². The summed E-state index contributed by atoms with van der Waals surface area (Å²) in [6.45, 7) is 2.17. The van der Waals surface area contributed by atoms with Crippen LogP contribution in [0.1, 0.15) is 39.0 Å². The average Bonchev–Trinajstić information content (AvgIpc) is 2.17. The van der Waals surface area contributed by atoms with E-state index in [1.165, 1.54) is 25.7 Å². The van der Waals surface area contributed by atoms with Gasteiger partial charge in [-0.3, -0.25) is 0 Å². The lowest BCUT2D eigenvalue weighted by molar-refractivity contribution is 0.0450. The summed E-state index contributed by atoms with van der Waals surface area (Å²) < 4.78 is 5.36. The molecule has 1 aliphatic carbocycles. The zero-order valence-corrected chi connectivity index (χ0v) is 8.25. The Hall–Kier alpha value is -0.0800. The minimum Gasteiger partial charge on any atom is -0.381 e. The van der Waals surface area contributed by atoms with E-state index < -0.39 is 0 Å². The molecular formula is C10H21NO. The van der Waals surface area contributed by atoms with Crippen molar-refractivity contribution in [2.24, 2.45) is 11.7 Å². The minimum atomic E-state index is 0.392. The van der Waals surface area contributed by atoms with Crippen molar-refractivity contribution in [1.29, 1.82) is 0 Å². The molecule has 2 nitrogen and oxygen atoms in total. The van der Waals surface area contributed by atoms with Gasteiger partial charge in [0.1, 0.15) is 0 Å². The number of ether oxygens (including phenoxy) is 1. The maximum Gasteiger partial charge on any atom is 0.0574 e. The molecule has 1 fully saturated rings. The largest absolute Gasteiger partial charge is 0.381 e. The van der Waals surface area contributed by atoms with Crippen LogP contribution in [0.3, 0.4) is 0 Å². The molecule has 1 rings (SSSR count). The maximum absolute atomic E-state index is 6.01. The molecule has 2 heteroatoms. The smallest absolute Gasteiger partial charge is 0.0574 e. The Labute approximate surface area is 75.5 Å². The summed E-state index contributed by atoms with van der Waals surface area (Å²) in [5.41, 5.74) is 6.01. The van der Waals surface area contributed by atoms with Crippen LogP contribution in [0.2, 0.25) is 0 Å². The molecule has 0 aromatic rings. The SMILES string of the molecule is CCC(N)C1CCCC(OC)C1. The van der Waals surface area contributed by atoms with E-state index in [4.69, 9.17) is 10.5 Å². The highest BCUT2D eigenvalue weighted by Crippen LogP contribution is 2.28. The molecule has 0 saturated heterocycles. The molecule has 12 heavy (non-hydrogen) atoms. The number of nitrogens with two attached hydrogens (primary N) is 1. The van der Waals surface area contributed by atoms with Crippen LogP contribution in [0.15, 0.2) is 0 Å². The van der Waals surface area contributed by atoms with Gasteiger partial charge in [-0.15, -0.1) is 0 Å². The first-order chi connectivity index (χ1) is 5.77. The van der Waals surface area contributed by atoms with Gasteiger partial charge in [0, 0.05) is 13.2 Å². The van der Waals surface area contributed by atoms with Crippen molar-refractivity contribution in [2.75, 3.05) is 7.11 Å². The summed E-state index contributed by atoms with van der Waals surface area (Å²) in [5, 5.41) is 0. The van der Waals surface area contributed by atoms with Crippen LogP contribution in [0.4, 0.5) is 0 Å². The predicted octanol–water partition coefficient (Wildman–Crippen LogP) is 1.93. The lowest BCUT2D eigenvalue weighted by Gasteiger charge is -2.31. The number of rotatable bonds is 3. The Morgan fingerprint density at radius 3 is 2.83 bits per heavy atom. The lowest BCUT2D eigenvalue weighted by Crippen LogP contribution is -2.35. The second kappa shape index (κ2) is 4.83. The van der Waals surface area contributed by atoms with Gasteiger partial charge in [0.25, 0.3) is 0 Å². The lowest BCUT2D eigenvalue weighted by atomic mass is 9.82. The van der Waals surface area contributed by atoms with Crippen molar-refractivity contribution in [3.8, 4) is 0 Å². The highest BCUT2D eigenvalue weighted by atomic mass is 16.5. The molecule has 1 aliphatic rings. The summed E-state index contributed by atoms with van der Waals surface area (Å²) in [6, 6.07) is 0.392. The highest BCUT2D eigenvalue weighted by Gasteiger charge is 2.25. The van der Waals surface area contributed by atoms with Gasteiger partial charge in [-0.1, -0.05) is 13.3 Å². The molecule has 1 saturated carbocycles. The molecule has 0 radical (unpaired) electrons. The van der Waals surface area contributed by atoms with E-state index in [9.17, 15) is 0 Å². The van der Waals surface area contributed by atoms with Gasteiger partial charge < -0.3 is 10.5 Å². The minimum absolute atomic E-state index is 0.392. The highest BCUT2D eigenvalue weighted by molar-refractivity contribution is 4.79. The Morgan fingerprint density at radius 1 is 1.50 bits per heavy atom. The van der Waals surface area contributed by atoms with Crippen molar-refractivity contribution in [2.45, 2.75) is 51.2 Å². The van der Waals surface area contributed by atoms with E-state index in [2.05, 4.69) is 6.92 Å². The second-order valence-corrected chi connectivity index (χ2v) is 3.86. The number of hydrogen-bond donors (Lipinski definition) is 1. The fourth-order valence-electron chi connectivity index (χ4n) is 2.12. The maximum atomic E-state index is 6.01. The first-order valence-corrected chi connectivity index (χ1v) is 5.06. The molecular weight excluding hydrogens is 150 g/mol. The molecule has 0 bridgehead atoms. The van der Waals surface area contributed by atoms with Gasteiger partial charge in [-0.25, -0.2) is 0 Å². The van der Waals surface area contributed by atoms with Crippen molar-refractivity contribution in [1.82, 2.24) is 0 Å². The molecule has 3 unspecified atom stereocenters. The van der Waals surface area contributed by atoms with Crippen LogP contribution < -0.4 is 5.73 Å². The van der Waals surface area contributed by atoms with Crippen molar-refractivity contribution in [3.63, 3.8) is 0 Å². The Balaban J connectivity index is 2.34. The summed E-state index contributed by atoms with van der Waals surface area (Å²) in [7, 11) is 1.81. The molecule has 2 N–H and O–H groups in total. The molecule has 0 aliphatic heterocycles. The third-order valence-corrected chi connectivity index (χ3v) is 3.08. The molecule has 0 amide bonds. The van der Waals surface area contributed by atoms with E-state index >= 15 is 0 Å². The third kappa shape index (κ3) is 2.46. The standard InChI is InChI=1S/C10H21NO/c1-3-10(11)8-5-4-6-9(7-8)12-2/h8-10H,3-7,11H2,1-2H3.